The van der Waals surface area contributed by atoms with E-state index in [-0.39, 0.29) is 17.9 Å². The maximum Gasteiger partial charge on any atom is 0.249 e. The fourth-order valence-electron chi connectivity index (χ4n) is 3.34. The lowest BCUT2D eigenvalue weighted by atomic mass is 9.97. The van der Waals surface area contributed by atoms with Gasteiger partial charge in [-0.2, -0.15) is 0 Å². The molecule has 5 heteroatoms. The van der Waals surface area contributed by atoms with Crippen molar-refractivity contribution >= 4 is 11.8 Å². The van der Waals surface area contributed by atoms with Crippen LogP contribution in [0.25, 0.3) is 0 Å². The highest BCUT2D eigenvalue weighted by Crippen LogP contribution is 2.18. The molecule has 2 aliphatic heterocycles. The van der Waals surface area contributed by atoms with Gasteiger partial charge in [-0.3, -0.25) is 9.59 Å². The molecule has 0 aromatic heterocycles. The first-order valence-corrected chi connectivity index (χ1v) is 8.59. The van der Waals surface area contributed by atoms with Gasteiger partial charge in [-0.25, -0.2) is 0 Å². The molecule has 0 spiro atoms. The lowest BCUT2D eigenvalue weighted by Crippen LogP contribution is -2.46. The molecule has 0 aliphatic carbocycles. The van der Waals surface area contributed by atoms with E-state index < -0.39 is 0 Å². The highest BCUT2D eigenvalue weighted by Gasteiger charge is 2.26. The minimum atomic E-state index is -0.0175. The highest BCUT2D eigenvalue weighted by atomic mass is 16.2. The molecular weight excluding hydrogens is 278 g/mol. The van der Waals surface area contributed by atoms with Crippen LogP contribution in [0.15, 0.2) is 11.6 Å². The molecule has 2 amide bonds. The van der Waals surface area contributed by atoms with Gasteiger partial charge in [0, 0.05) is 25.2 Å². The first-order valence-electron chi connectivity index (χ1n) is 8.59. The number of carbonyl (C=O) groups is 2. The molecule has 2 N–H and O–H groups in total. The maximum absolute atomic E-state index is 12.3. The van der Waals surface area contributed by atoms with Crippen LogP contribution in [0.3, 0.4) is 0 Å². The molecular formula is C17H29N3O2. The first-order chi connectivity index (χ1) is 10.6. The van der Waals surface area contributed by atoms with Crippen LogP contribution in [0.2, 0.25) is 0 Å². The summed E-state index contributed by atoms with van der Waals surface area (Å²) >= 11 is 0. The maximum atomic E-state index is 12.3. The lowest BCUT2D eigenvalue weighted by Gasteiger charge is -2.33. The number of amides is 2. The van der Waals surface area contributed by atoms with E-state index in [0.717, 1.165) is 57.3 Å². The molecule has 0 bridgehead atoms. The second kappa shape index (κ2) is 8.32. The van der Waals surface area contributed by atoms with Crippen LogP contribution in [0.5, 0.6) is 0 Å². The summed E-state index contributed by atoms with van der Waals surface area (Å²) in [5, 5.41) is 6.27. The number of allylic oxidation sites excluding steroid dienone is 1. The van der Waals surface area contributed by atoms with Crippen molar-refractivity contribution in [3.05, 3.63) is 11.6 Å². The van der Waals surface area contributed by atoms with Crippen molar-refractivity contribution in [2.45, 2.75) is 52.0 Å². The van der Waals surface area contributed by atoms with Gasteiger partial charge in [0.05, 0.1) is 6.04 Å². The van der Waals surface area contributed by atoms with Gasteiger partial charge in [0.15, 0.2) is 0 Å². The number of rotatable bonds is 5. The van der Waals surface area contributed by atoms with E-state index in [0.29, 0.717) is 12.5 Å². The Labute approximate surface area is 133 Å². The molecule has 2 atom stereocenters. The van der Waals surface area contributed by atoms with Crippen LogP contribution < -0.4 is 10.6 Å². The number of hydrogen-bond donors (Lipinski definition) is 2. The van der Waals surface area contributed by atoms with Crippen molar-refractivity contribution in [1.29, 1.82) is 0 Å². The Morgan fingerprint density at radius 1 is 1.32 bits per heavy atom. The zero-order valence-corrected chi connectivity index (χ0v) is 13.9. The van der Waals surface area contributed by atoms with Gasteiger partial charge < -0.3 is 15.5 Å². The Morgan fingerprint density at radius 2 is 2.14 bits per heavy atom. The number of likely N-dealkylation sites (tertiary alicyclic amines) is 1. The first kappa shape index (κ1) is 17.0. The quantitative estimate of drug-likeness (QED) is 0.756. The van der Waals surface area contributed by atoms with Crippen LogP contribution in [-0.2, 0) is 9.59 Å². The zero-order valence-electron chi connectivity index (χ0n) is 13.9. The molecule has 2 heterocycles. The van der Waals surface area contributed by atoms with Crippen LogP contribution in [-0.4, -0.2) is 48.9 Å². The summed E-state index contributed by atoms with van der Waals surface area (Å²) < 4.78 is 0. The third-order valence-corrected chi connectivity index (χ3v) is 4.60. The molecule has 0 saturated carbocycles. The molecule has 22 heavy (non-hydrogen) atoms. The molecule has 0 aromatic carbocycles. The Morgan fingerprint density at radius 3 is 2.82 bits per heavy atom. The Balaban J connectivity index is 1.79. The molecule has 124 valence electrons. The minimum absolute atomic E-state index is 0.0175. The van der Waals surface area contributed by atoms with Gasteiger partial charge in [-0.15, -0.1) is 0 Å². The fourth-order valence-corrected chi connectivity index (χ4v) is 3.34. The predicted molar refractivity (Wildman–Crippen MR) is 87.4 cm³/mol. The molecule has 5 nitrogen and oxygen atoms in total. The Hall–Kier alpha value is -1.36. The third kappa shape index (κ3) is 4.57. The van der Waals surface area contributed by atoms with E-state index in [1.165, 1.54) is 0 Å². The normalized spacial score (nSPS) is 26.1. The summed E-state index contributed by atoms with van der Waals surface area (Å²) in [6, 6.07) is -0.0175. The van der Waals surface area contributed by atoms with Crippen LogP contribution in [0, 0.1) is 5.92 Å². The van der Waals surface area contributed by atoms with Crippen molar-refractivity contribution in [2.75, 3.05) is 26.2 Å². The summed E-state index contributed by atoms with van der Waals surface area (Å²) in [6.07, 6.45) is 6.99. The SMILES string of the molecule is CC/C=C(\C)C(=O)N1CCC[C@@H](CNC(=O)[C@@H]2CCCN2)C1. The Bertz CT molecular complexity index is 428. The molecule has 0 aromatic rings. The average Bonchev–Trinajstić information content (AvgIpc) is 3.07. The topological polar surface area (TPSA) is 61.4 Å². The summed E-state index contributed by atoms with van der Waals surface area (Å²) in [7, 11) is 0. The largest absolute Gasteiger partial charge is 0.354 e. The van der Waals surface area contributed by atoms with Crippen LogP contribution in [0.4, 0.5) is 0 Å². The average molecular weight is 307 g/mol. The zero-order chi connectivity index (χ0) is 15.9. The van der Waals surface area contributed by atoms with E-state index >= 15 is 0 Å². The van der Waals surface area contributed by atoms with Crippen molar-refractivity contribution in [3.63, 3.8) is 0 Å². The number of piperidine rings is 1. The third-order valence-electron chi connectivity index (χ3n) is 4.60. The number of nitrogens with one attached hydrogen (secondary N) is 2. The molecule has 2 rings (SSSR count). The van der Waals surface area contributed by atoms with E-state index in [9.17, 15) is 9.59 Å². The standard InChI is InChI=1S/C17H29N3O2/c1-3-6-13(2)17(22)20-10-5-7-14(12-20)11-19-16(21)15-8-4-9-18-15/h6,14-15,18H,3-5,7-12H2,1-2H3,(H,19,21)/b13-6+/t14-,15-/m0/s1. The van der Waals surface area contributed by atoms with Crippen LogP contribution in [0.1, 0.15) is 46.0 Å². The number of carbonyl (C=O) groups excluding carboxylic acids is 2. The monoisotopic (exact) mass is 307 g/mol. The van der Waals surface area contributed by atoms with Crippen molar-refractivity contribution < 1.29 is 9.59 Å². The van der Waals surface area contributed by atoms with Crippen molar-refractivity contribution in [3.8, 4) is 0 Å². The fraction of sp³-hybridized carbons (Fsp3) is 0.765. The second-order valence-electron chi connectivity index (χ2n) is 6.45. The minimum Gasteiger partial charge on any atom is -0.354 e. The Kier molecular flexibility index (Phi) is 6.43. The van der Waals surface area contributed by atoms with E-state index in [1.807, 2.05) is 24.8 Å². The molecule has 2 aliphatic rings. The van der Waals surface area contributed by atoms with Gasteiger partial charge in [0.25, 0.3) is 0 Å². The summed E-state index contributed by atoms with van der Waals surface area (Å²) in [4.78, 5) is 26.3. The number of nitrogens with zero attached hydrogens (tertiary/aromatic N) is 1. The molecule has 0 unspecified atom stereocenters. The summed E-state index contributed by atoms with van der Waals surface area (Å²) in [6.45, 7) is 7.14. The highest BCUT2D eigenvalue weighted by molar-refractivity contribution is 5.92. The van der Waals surface area contributed by atoms with Gasteiger partial charge in [0.2, 0.25) is 11.8 Å². The lowest BCUT2D eigenvalue weighted by molar-refractivity contribution is -0.128. The smallest absolute Gasteiger partial charge is 0.249 e. The molecule has 2 fully saturated rings. The molecule has 0 radical (unpaired) electrons. The van der Waals surface area contributed by atoms with Gasteiger partial charge >= 0.3 is 0 Å². The summed E-state index contributed by atoms with van der Waals surface area (Å²) in [5.41, 5.74) is 0.836. The van der Waals surface area contributed by atoms with Crippen molar-refractivity contribution in [2.24, 2.45) is 5.92 Å². The van der Waals surface area contributed by atoms with Crippen LogP contribution >= 0.6 is 0 Å². The predicted octanol–water partition coefficient (Wildman–Crippen LogP) is 1.45. The van der Waals surface area contributed by atoms with Gasteiger partial charge in [-0.1, -0.05) is 13.0 Å². The van der Waals surface area contributed by atoms with E-state index in [2.05, 4.69) is 10.6 Å². The van der Waals surface area contributed by atoms with Crippen molar-refractivity contribution in [1.82, 2.24) is 15.5 Å². The van der Waals surface area contributed by atoms with E-state index in [1.54, 1.807) is 0 Å². The van der Waals surface area contributed by atoms with Gasteiger partial charge in [0.1, 0.15) is 0 Å². The summed E-state index contributed by atoms with van der Waals surface area (Å²) in [5.74, 6) is 0.635. The van der Waals surface area contributed by atoms with Gasteiger partial charge in [-0.05, 0) is 51.5 Å². The number of hydrogen-bond acceptors (Lipinski definition) is 3. The van der Waals surface area contributed by atoms with E-state index in [4.69, 9.17) is 0 Å². The molecule has 2 saturated heterocycles. The second-order valence-corrected chi connectivity index (χ2v) is 6.45.